The van der Waals surface area contributed by atoms with Gasteiger partial charge in [0.15, 0.2) is 5.96 Å². The maximum absolute atomic E-state index is 12.1. The van der Waals surface area contributed by atoms with E-state index in [2.05, 4.69) is 20.9 Å². The van der Waals surface area contributed by atoms with Crippen LogP contribution in [0.3, 0.4) is 0 Å². The Labute approximate surface area is 165 Å². The Kier molecular flexibility index (Phi) is 8.45. The number of guanidine groups is 1. The number of hydrogen-bond acceptors (Lipinski definition) is 3. The third-order valence-corrected chi connectivity index (χ3v) is 4.07. The summed E-state index contributed by atoms with van der Waals surface area (Å²) in [6.07, 6.45) is 0. The van der Waals surface area contributed by atoms with Crippen LogP contribution in [0.2, 0.25) is 5.02 Å². The first-order chi connectivity index (χ1) is 13.1. The van der Waals surface area contributed by atoms with Gasteiger partial charge in [-0.2, -0.15) is 0 Å². The molecule has 0 aromatic heterocycles. The van der Waals surface area contributed by atoms with Gasteiger partial charge in [-0.25, -0.2) is 4.99 Å². The third-order valence-electron chi connectivity index (χ3n) is 3.74. The molecule has 0 unspecified atom stereocenters. The van der Waals surface area contributed by atoms with Crippen molar-refractivity contribution in [2.75, 3.05) is 26.7 Å². The van der Waals surface area contributed by atoms with Crippen molar-refractivity contribution in [2.45, 2.75) is 13.5 Å². The van der Waals surface area contributed by atoms with E-state index in [1.807, 2.05) is 31.2 Å². The van der Waals surface area contributed by atoms with Gasteiger partial charge in [0.1, 0.15) is 5.75 Å². The molecule has 0 fully saturated rings. The molecule has 27 heavy (non-hydrogen) atoms. The van der Waals surface area contributed by atoms with Gasteiger partial charge in [0, 0.05) is 19.6 Å². The number of nitrogens with zero attached hydrogens (tertiary/aromatic N) is 1. The average molecular weight is 389 g/mol. The van der Waals surface area contributed by atoms with E-state index in [0.29, 0.717) is 36.2 Å². The highest BCUT2D eigenvalue weighted by Gasteiger charge is 2.08. The van der Waals surface area contributed by atoms with Crippen LogP contribution in [0.1, 0.15) is 22.8 Å². The molecule has 1 amide bonds. The van der Waals surface area contributed by atoms with E-state index >= 15 is 0 Å². The van der Waals surface area contributed by atoms with Crippen molar-refractivity contribution < 1.29 is 9.53 Å². The van der Waals surface area contributed by atoms with Gasteiger partial charge in [-0.3, -0.25) is 4.79 Å². The SMILES string of the molecule is CCNC(=NCc1ccc(OC)cc1)NCCNC(=O)c1ccccc1Cl. The lowest BCUT2D eigenvalue weighted by atomic mass is 10.2. The van der Waals surface area contributed by atoms with Crippen LogP contribution in [0.4, 0.5) is 0 Å². The van der Waals surface area contributed by atoms with Crippen molar-refractivity contribution in [1.82, 2.24) is 16.0 Å². The zero-order chi connectivity index (χ0) is 19.5. The van der Waals surface area contributed by atoms with Gasteiger partial charge in [0.25, 0.3) is 5.91 Å². The van der Waals surface area contributed by atoms with Crippen LogP contribution in [0.5, 0.6) is 5.75 Å². The number of carbonyl (C=O) groups is 1. The minimum atomic E-state index is -0.192. The van der Waals surface area contributed by atoms with Gasteiger partial charge in [0.2, 0.25) is 0 Å². The Bertz CT molecular complexity index is 763. The molecule has 0 aliphatic rings. The van der Waals surface area contributed by atoms with Crippen molar-refractivity contribution in [1.29, 1.82) is 0 Å². The number of benzene rings is 2. The number of rotatable bonds is 8. The number of carbonyl (C=O) groups excluding carboxylic acids is 1. The average Bonchev–Trinajstić information content (AvgIpc) is 2.69. The number of hydrogen-bond donors (Lipinski definition) is 3. The molecule has 0 saturated heterocycles. The van der Waals surface area contributed by atoms with Crippen LogP contribution in [0.25, 0.3) is 0 Å². The largest absolute Gasteiger partial charge is 0.497 e. The Morgan fingerprint density at radius 3 is 2.41 bits per heavy atom. The van der Waals surface area contributed by atoms with Crippen LogP contribution in [0.15, 0.2) is 53.5 Å². The van der Waals surface area contributed by atoms with E-state index in [1.54, 1.807) is 31.4 Å². The Morgan fingerprint density at radius 2 is 1.74 bits per heavy atom. The summed E-state index contributed by atoms with van der Waals surface area (Å²) in [5, 5.41) is 9.67. The summed E-state index contributed by atoms with van der Waals surface area (Å²) < 4.78 is 5.15. The fourth-order valence-corrected chi connectivity index (χ4v) is 2.56. The van der Waals surface area contributed by atoms with Crippen LogP contribution in [-0.4, -0.2) is 38.6 Å². The van der Waals surface area contributed by atoms with Gasteiger partial charge < -0.3 is 20.7 Å². The van der Waals surface area contributed by atoms with Gasteiger partial charge in [-0.15, -0.1) is 0 Å². The van der Waals surface area contributed by atoms with E-state index < -0.39 is 0 Å². The molecule has 0 saturated carbocycles. The lowest BCUT2D eigenvalue weighted by Gasteiger charge is -2.12. The van der Waals surface area contributed by atoms with E-state index in [1.165, 1.54) is 0 Å². The molecule has 0 bridgehead atoms. The Hall–Kier alpha value is -2.73. The van der Waals surface area contributed by atoms with Gasteiger partial charge in [-0.05, 0) is 36.8 Å². The van der Waals surface area contributed by atoms with E-state index in [4.69, 9.17) is 16.3 Å². The molecule has 0 spiro atoms. The third kappa shape index (κ3) is 6.83. The fourth-order valence-electron chi connectivity index (χ4n) is 2.34. The highest BCUT2D eigenvalue weighted by Crippen LogP contribution is 2.14. The molecule has 0 heterocycles. The molecular formula is C20H25ClN4O2. The summed E-state index contributed by atoms with van der Waals surface area (Å²) in [6.45, 7) is 4.30. The predicted molar refractivity (Wildman–Crippen MR) is 110 cm³/mol. The summed E-state index contributed by atoms with van der Waals surface area (Å²) in [5.74, 6) is 1.32. The van der Waals surface area contributed by atoms with Crippen molar-refractivity contribution in [2.24, 2.45) is 4.99 Å². The molecule has 7 heteroatoms. The van der Waals surface area contributed by atoms with E-state index in [-0.39, 0.29) is 5.91 Å². The summed E-state index contributed by atoms with van der Waals surface area (Å²) in [7, 11) is 1.64. The monoisotopic (exact) mass is 388 g/mol. The van der Waals surface area contributed by atoms with E-state index in [0.717, 1.165) is 17.9 Å². The first kappa shape index (κ1) is 20.6. The molecule has 2 aromatic carbocycles. The molecule has 0 aliphatic carbocycles. The minimum Gasteiger partial charge on any atom is -0.497 e. The second-order valence-electron chi connectivity index (χ2n) is 5.71. The van der Waals surface area contributed by atoms with Crippen LogP contribution in [0, 0.1) is 0 Å². The van der Waals surface area contributed by atoms with Gasteiger partial charge in [-0.1, -0.05) is 35.9 Å². The lowest BCUT2D eigenvalue weighted by molar-refractivity contribution is 0.0954. The van der Waals surface area contributed by atoms with Crippen LogP contribution < -0.4 is 20.7 Å². The maximum atomic E-state index is 12.1. The molecule has 144 valence electrons. The highest BCUT2D eigenvalue weighted by atomic mass is 35.5. The maximum Gasteiger partial charge on any atom is 0.252 e. The summed E-state index contributed by atoms with van der Waals surface area (Å²) in [5.41, 5.74) is 1.55. The van der Waals surface area contributed by atoms with Crippen molar-refractivity contribution >= 4 is 23.5 Å². The zero-order valence-electron chi connectivity index (χ0n) is 15.6. The molecule has 3 N–H and O–H groups in total. The summed E-state index contributed by atoms with van der Waals surface area (Å²) in [6, 6.07) is 14.8. The smallest absolute Gasteiger partial charge is 0.252 e. The number of amides is 1. The lowest BCUT2D eigenvalue weighted by Crippen LogP contribution is -2.41. The molecular weight excluding hydrogens is 364 g/mol. The molecule has 2 rings (SSSR count). The highest BCUT2D eigenvalue weighted by molar-refractivity contribution is 6.33. The molecule has 0 radical (unpaired) electrons. The quantitative estimate of drug-likeness (QED) is 0.369. The fraction of sp³-hybridized carbons (Fsp3) is 0.300. The predicted octanol–water partition coefficient (Wildman–Crippen LogP) is 2.83. The molecule has 6 nitrogen and oxygen atoms in total. The number of halogens is 1. The first-order valence-corrected chi connectivity index (χ1v) is 9.19. The summed E-state index contributed by atoms with van der Waals surface area (Å²) >= 11 is 6.03. The second kappa shape index (κ2) is 11.1. The first-order valence-electron chi connectivity index (χ1n) is 8.82. The number of methoxy groups -OCH3 is 1. The number of ether oxygens (including phenoxy) is 1. The number of nitrogens with one attached hydrogen (secondary N) is 3. The second-order valence-corrected chi connectivity index (χ2v) is 6.11. The van der Waals surface area contributed by atoms with Crippen molar-refractivity contribution in [3.63, 3.8) is 0 Å². The Balaban J connectivity index is 1.81. The number of aliphatic imine (C=N–C) groups is 1. The normalized spacial score (nSPS) is 11.0. The molecule has 0 aliphatic heterocycles. The van der Waals surface area contributed by atoms with Crippen molar-refractivity contribution in [3.8, 4) is 5.75 Å². The van der Waals surface area contributed by atoms with Gasteiger partial charge >= 0.3 is 0 Å². The zero-order valence-corrected chi connectivity index (χ0v) is 16.3. The van der Waals surface area contributed by atoms with E-state index in [9.17, 15) is 4.79 Å². The van der Waals surface area contributed by atoms with Gasteiger partial charge in [0.05, 0.1) is 24.2 Å². The minimum absolute atomic E-state index is 0.192. The molecule has 2 aromatic rings. The van der Waals surface area contributed by atoms with Crippen LogP contribution >= 0.6 is 11.6 Å². The Morgan fingerprint density at radius 1 is 1.04 bits per heavy atom. The molecule has 0 atom stereocenters. The topological polar surface area (TPSA) is 74.8 Å². The van der Waals surface area contributed by atoms with Crippen LogP contribution in [-0.2, 0) is 6.54 Å². The summed E-state index contributed by atoms with van der Waals surface area (Å²) in [4.78, 5) is 16.7. The van der Waals surface area contributed by atoms with Crippen molar-refractivity contribution in [3.05, 3.63) is 64.7 Å². The standard InChI is InChI=1S/C20H25ClN4O2/c1-3-22-20(25-14-15-8-10-16(27-2)11-9-15)24-13-12-23-19(26)17-6-4-5-7-18(17)21/h4-11H,3,12-14H2,1-2H3,(H,23,26)(H2,22,24,25).